The summed E-state index contributed by atoms with van der Waals surface area (Å²) in [7, 11) is -4.29. The van der Waals surface area contributed by atoms with Gasteiger partial charge >= 0.3 is 0 Å². The first-order chi connectivity index (χ1) is 14.3. The molecule has 4 aromatic rings. The fraction of sp³-hybridized carbons (Fsp3) is 0.0435. The molecule has 150 valence electrons. The van der Waals surface area contributed by atoms with Gasteiger partial charge < -0.3 is 0 Å². The van der Waals surface area contributed by atoms with E-state index in [0.717, 1.165) is 42.0 Å². The second-order valence-electron chi connectivity index (χ2n) is 6.81. The number of benzene rings is 3. The molecule has 4 nitrogen and oxygen atoms in total. The number of carbonyl (C=O) groups excluding carboxylic acids is 1. The number of hydrogen-bond donors (Lipinski definition) is 0. The predicted octanol–water partition coefficient (Wildman–Crippen LogP) is 4.89. The Kier molecular flexibility index (Phi) is 4.91. The van der Waals surface area contributed by atoms with Crippen LogP contribution >= 0.6 is 0 Å². The molecule has 0 saturated carbocycles. The van der Waals surface area contributed by atoms with Gasteiger partial charge in [0.05, 0.1) is 20.9 Å². The smallest absolute Gasteiger partial charge is 0.208 e. The molecule has 3 aromatic carbocycles. The van der Waals surface area contributed by atoms with Crippen molar-refractivity contribution in [3.63, 3.8) is 0 Å². The van der Waals surface area contributed by atoms with Gasteiger partial charge in [0, 0.05) is 17.1 Å². The zero-order valence-electron chi connectivity index (χ0n) is 15.8. The highest BCUT2D eigenvalue weighted by atomic mass is 32.2. The quantitative estimate of drug-likeness (QED) is 0.347. The van der Waals surface area contributed by atoms with Gasteiger partial charge in [-0.1, -0.05) is 29.8 Å². The highest BCUT2D eigenvalue weighted by molar-refractivity contribution is 7.91. The zero-order valence-corrected chi connectivity index (χ0v) is 16.6. The molecule has 0 unspecified atom stereocenters. The Labute approximate surface area is 171 Å². The minimum atomic E-state index is -4.29. The van der Waals surface area contributed by atoms with E-state index in [1.165, 1.54) is 12.3 Å². The molecular weight excluding hydrogens is 408 g/mol. The second kappa shape index (κ2) is 7.42. The fourth-order valence-electron chi connectivity index (χ4n) is 3.18. The van der Waals surface area contributed by atoms with Gasteiger partial charge in [0.15, 0.2) is 5.78 Å². The molecule has 7 heteroatoms. The number of ketones is 1. The van der Waals surface area contributed by atoms with E-state index >= 15 is 0 Å². The molecule has 0 spiro atoms. The summed E-state index contributed by atoms with van der Waals surface area (Å²) in [5.41, 5.74) is 1.25. The van der Waals surface area contributed by atoms with Gasteiger partial charge in [-0.15, -0.1) is 0 Å². The molecule has 0 saturated heterocycles. The SMILES string of the molecule is Cc1ccc(C(=O)c2cnc3ccc(F)cc3c2S(=O)(=O)c2ccc(F)cc2)cc1. The Morgan fingerprint density at radius 1 is 0.867 bits per heavy atom. The molecule has 0 aliphatic carbocycles. The Morgan fingerprint density at radius 3 is 2.17 bits per heavy atom. The minimum absolute atomic E-state index is 0.0164. The predicted molar refractivity (Wildman–Crippen MR) is 108 cm³/mol. The zero-order chi connectivity index (χ0) is 21.5. The summed E-state index contributed by atoms with van der Waals surface area (Å²) < 4.78 is 54.3. The maximum Gasteiger partial charge on any atom is 0.208 e. The molecule has 0 atom stereocenters. The van der Waals surface area contributed by atoms with Gasteiger partial charge in [0.1, 0.15) is 11.6 Å². The lowest BCUT2D eigenvalue weighted by atomic mass is 10.0. The van der Waals surface area contributed by atoms with Crippen LogP contribution in [0.15, 0.2) is 82.7 Å². The summed E-state index contributed by atoms with van der Waals surface area (Å²) in [6.45, 7) is 1.86. The lowest BCUT2D eigenvalue weighted by molar-refractivity contribution is 0.103. The second-order valence-corrected chi connectivity index (χ2v) is 8.70. The lowest BCUT2D eigenvalue weighted by Crippen LogP contribution is -2.13. The molecule has 0 fully saturated rings. The molecule has 0 amide bonds. The molecule has 4 rings (SSSR count). The highest BCUT2D eigenvalue weighted by Crippen LogP contribution is 2.32. The van der Waals surface area contributed by atoms with Crippen LogP contribution in [0.2, 0.25) is 0 Å². The molecule has 0 aliphatic rings. The molecule has 30 heavy (non-hydrogen) atoms. The topological polar surface area (TPSA) is 64.1 Å². The number of sulfone groups is 1. The van der Waals surface area contributed by atoms with Gasteiger partial charge in [0.2, 0.25) is 9.84 Å². The number of hydrogen-bond acceptors (Lipinski definition) is 4. The summed E-state index contributed by atoms with van der Waals surface area (Å²) in [5, 5.41) is -0.0164. The Bertz CT molecular complexity index is 1380. The van der Waals surface area contributed by atoms with Crippen molar-refractivity contribution in [2.45, 2.75) is 16.7 Å². The monoisotopic (exact) mass is 423 g/mol. The third kappa shape index (κ3) is 3.48. The first kappa shape index (κ1) is 19.8. The van der Waals surface area contributed by atoms with E-state index in [4.69, 9.17) is 0 Å². The van der Waals surface area contributed by atoms with E-state index in [1.54, 1.807) is 24.3 Å². The van der Waals surface area contributed by atoms with E-state index in [0.29, 0.717) is 0 Å². The van der Waals surface area contributed by atoms with Crippen LogP contribution in [0.1, 0.15) is 21.5 Å². The van der Waals surface area contributed by atoms with Crippen molar-refractivity contribution in [2.75, 3.05) is 0 Å². The van der Waals surface area contributed by atoms with Crippen LogP contribution in [0.5, 0.6) is 0 Å². The van der Waals surface area contributed by atoms with E-state index in [1.807, 2.05) is 6.92 Å². The summed E-state index contributed by atoms with van der Waals surface area (Å²) in [6, 6.07) is 14.4. The van der Waals surface area contributed by atoms with Crippen molar-refractivity contribution < 1.29 is 22.0 Å². The van der Waals surface area contributed by atoms with E-state index in [2.05, 4.69) is 4.98 Å². The van der Waals surface area contributed by atoms with Gasteiger partial charge in [-0.3, -0.25) is 9.78 Å². The maximum atomic E-state index is 14.0. The number of pyridine rings is 1. The van der Waals surface area contributed by atoms with Crippen molar-refractivity contribution in [2.24, 2.45) is 0 Å². The average molecular weight is 423 g/mol. The molecule has 0 N–H and O–H groups in total. The number of aryl methyl sites for hydroxylation is 1. The molecule has 1 aromatic heterocycles. The highest BCUT2D eigenvalue weighted by Gasteiger charge is 2.28. The minimum Gasteiger partial charge on any atom is -0.289 e. The summed E-state index contributed by atoms with van der Waals surface area (Å²) in [5.74, 6) is -1.83. The van der Waals surface area contributed by atoms with Gasteiger partial charge in [-0.2, -0.15) is 0 Å². The third-order valence-electron chi connectivity index (χ3n) is 4.73. The normalized spacial score (nSPS) is 11.6. The van der Waals surface area contributed by atoms with E-state index < -0.39 is 27.3 Å². The van der Waals surface area contributed by atoms with Gasteiger partial charge in [0.25, 0.3) is 0 Å². The van der Waals surface area contributed by atoms with Gasteiger partial charge in [-0.25, -0.2) is 17.2 Å². The third-order valence-corrected chi connectivity index (χ3v) is 6.60. The molecule has 1 heterocycles. The van der Waals surface area contributed by atoms with Gasteiger partial charge in [-0.05, 0) is 49.4 Å². The van der Waals surface area contributed by atoms with Crippen LogP contribution in [0, 0.1) is 18.6 Å². The first-order valence-corrected chi connectivity index (χ1v) is 10.5. The van der Waals surface area contributed by atoms with Crippen LogP contribution in [0.25, 0.3) is 10.9 Å². The number of fused-ring (bicyclic) bond motifs is 1. The molecule has 0 radical (unpaired) electrons. The summed E-state index contributed by atoms with van der Waals surface area (Å²) in [6.07, 6.45) is 1.18. The lowest BCUT2D eigenvalue weighted by Gasteiger charge is -2.13. The van der Waals surface area contributed by atoms with Crippen molar-refractivity contribution >= 4 is 26.5 Å². The summed E-state index contributed by atoms with van der Waals surface area (Å²) in [4.78, 5) is 16.8. The van der Waals surface area contributed by atoms with Crippen LogP contribution in [0.4, 0.5) is 8.78 Å². The average Bonchev–Trinajstić information content (AvgIpc) is 2.73. The van der Waals surface area contributed by atoms with Crippen molar-refractivity contribution in [1.82, 2.24) is 4.98 Å². The molecular formula is C23H15F2NO3S. The van der Waals surface area contributed by atoms with Crippen molar-refractivity contribution in [3.8, 4) is 0 Å². The van der Waals surface area contributed by atoms with Crippen molar-refractivity contribution in [3.05, 3.63) is 101 Å². The van der Waals surface area contributed by atoms with Crippen LogP contribution in [-0.2, 0) is 9.84 Å². The largest absolute Gasteiger partial charge is 0.289 e. The number of aromatic nitrogens is 1. The number of halogens is 2. The van der Waals surface area contributed by atoms with E-state index in [9.17, 15) is 22.0 Å². The Morgan fingerprint density at radius 2 is 1.50 bits per heavy atom. The molecule has 0 bridgehead atoms. The Hall–Kier alpha value is -3.45. The number of nitrogens with zero attached hydrogens (tertiary/aromatic N) is 1. The van der Waals surface area contributed by atoms with Crippen LogP contribution in [0.3, 0.4) is 0 Å². The van der Waals surface area contributed by atoms with E-state index in [-0.39, 0.29) is 31.8 Å². The fourth-order valence-corrected chi connectivity index (χ4v) is 4.80. The Balaban J connectivity index is 2.03. The van der Waals surface area contributed by atoms with Crippen LogP contribution < -0.4 is 0 Å². The molecule has 0 aliphatic heterocycles. The standard InChI is InChI=1S/C23H15F2NO3S/c1-14-2-4-15(5-3-14)22(27)20-13-26-21-11-8-17(25)12-19(21)23(20)30(28,29)18-9-6-16(24)7-10-18/h2-13H,1H3. The maximum absolute atomic E-state index is 14.0. The number of rotatable bonds is 4. The van der Waals surface area contributed by atoms with Crippen LogP contribution in [-0.4, -0.2) is 19.2 Å². The first-order valence-electron chi connectivity index (χ1n) is 8.97. The number of carbonyl (C=O) groups is 1. The summed E-state index contributed by atoms with van der Waals surface area (Å²) >= 11 is 0. The van der Waals surface area contributed by atoms with Crippen molar-refractivity contribution in [1.29, 1.82) is 0 Å².